The second-order valence-corrected chi connectivity index (χ2v) is 12.1. The minimum atomic E-state index is -1.66. The van der Waals surface area contributed by atoms with Crippen LogP contribution in [0.2, 0.25) is 18.1 Å². The number of hydrogen-bond acceptors (Lipinski definition) is 2. The summed E-state index contributed by atoms with van der Waals surface area (Å²) in [4.78, 5) is 0. The van der Waals surface area contributed by atoms with Gasteiger partial charge in [0.15, 0.2) is 8.32 Å². The smallest absolute Gasteiger partial charge is 0.192 e. The Balaban J connectivity index is 2.43. The van der Waals surface area contributed by atoms with Crippen LogP contribution in [0.4, 0.5) is 0 Å². The second kappa shape index (κ2) is 6.42. The van der Waals surface area contributed by atoms with Crippen LogP contribution in [0.1, 0.15) is 26.3 Å². The van der Waals surface area contributed by atoms with Crippen molar-refractivity contribution in [3.63, 3.8) is 0 Å². The van der Waals surface area contributed by atoms with Crippen LogP contribution >= 0.6 is 15.9 Å². The molecule has 0 N–H and O–H groups in total. The van der Waals surface area contributed by atoms with Crippen molar-refractivity contribution in [2.75, 3.05) is 13.2 Å². The average Bonchev–Trinajstić information content (AvgIpc) is 2.25. The largest absolute Gasteiger partial charge is 0.490 e. The van der Waals surface area contributed by atoms with E-state index in [0.29, 0.717) is 13.2 Å². The first kappa shape index (κ1) is 16.7. The summed E-state index contributed by atoms with van der Waals surface area (Å²) in [7, 11) is -1.66. The van der Waals surface area contributed by atoms with Crippen LogP contribution in [0.5, 0.6) is 5.75 Å². The van der Waals surface area contributed by atoms with Gasteiger partial charge in [0.05, 0.1) is 11.1 Å². The molecule has 1 rings (SSSR count). The number of aryl methyl sites for hydroxylation is 1. The highest BCUT2D eigenvalue weighted by molar-refractivity contribution is 9.10. The van der Waals surface area contributed by atoms with Gasteiger partial charge in [-0.2, -0.15) is 0 Å². The van der Waals surface area contributed by atoms with E-state index in [1.807, 2.05) is 6.07 Å². The lowest BCUT2D eigenvalue weighted by atomic mass is 10.2. The van der Waals surface area contributed by atoms with E-state index in [0.717, 1.165) is 10.2 Å². The van der Waals surface area contributed by atoms with Crippen LogP contribution in [0, 0.1) is 6.92 Å². The number of rotatable bonds is 5. The van der Waals surface area contributed by atoms with Gasteiger partial charge in [0.2, 0.25) is 0 Å². The highest BCUT2D eigenvalue weighted by Crippen LogP contribution is 2.36. The van der Waals surface area contributed by atoms with Gasteiger partial charge < -0.3 is 9.16 Å². The van der Waals surface area contributed by atoms with Crippen molar-refractivity contribution in [3.8, 4) is 5.75 Å². The highest BCUT2D eigenvalue weighted by Gasteiger charge is 2.36. The molecule has 0 spiro atoms. The van der Waals surface area contributed by atoms with Gasteiger partial charge in [0.1, 0.15) is 12.4 Å². The summed E-state index contributed by atoms with van der Waals surface area (Å²) in [5.74, 6) is 0.879. The summed E-state index contributed by atoms with van der Waals surface area (Å²) in [6, 6.07) is 6.10. The van der Waals surface area contributed by atoms with Crippen LogP contribution < -0.4 is 4.74 Å². The predicted molar refractivity (Wildman–Crippen MR) is 87.5 cm³/mol. The molecule has 1 aromatic rings. The number of hydrogen-bond donors (Lipinski definition) is 0. The number of benzene rings is 1. The van der Waals surface area contributed by atoms with Crippen molar-refractivity contribution < 1.29 is 9.16 Å². The molecule has 0 radical (unpaired) electrons. The molecule has 0 unspecified atom stereocenters. The molecule has 0 aliphatic rings. The molecule has 2 nitrogen and oxygen atoms in total. The monoisotopic (exact) mass is 344 g/mol. The maximum absolute atomic E-state index is 6.08. The summed E-state index contributed by atoms with van der Waals surface area (Å²) < 4.78 is 12.8. The zero-order chi connectivity index (χ0) is 14.7. The van der Waals surface area contributed by atoms with E-state index in [-0.39, 0.29) is 5.04 Å². The number of halogens is 1. The van der Waals surface area contributed by atoms with Gasteiger partial charge in [-0.1, -0.05) is 26.8 Å². The Bertz CT molecular complexity index is 425. The van der Waals surface area contributed by atoms with Gasteiger partial charge in [-0.05, 0) is 58.7 Å². The third kappa shape index (κ3) is 4.93. The Morgan fingerprint density at radius 3 is 2.32 bits per heavy atom. The first-order valence-corrected chi connectivity index (χ1v) is 10.4. The molecule has 108 valence electrons. The Kier molecular flexibility index (Phi) is 5.65. The van der Waals surface area contributed by atoms with Crippen LogP contribution in [0.3, 0.4) is 0 Å². The SMILES string of the molecule is Cc1ccc(OCCO[Si](C)(C)C(C)(C)C)c(Br)c1. The maximum atomic E-state index is 6.08. The van der Waals surface area contributed by atoms with Crippen molar-refractivity contribution in [1.82, 2.24) is 0 Å². The van der Waals surface area contributed by atoms with Crippen molar-refractivity contribution in [3.05, 3.63) is 28.2 Å². The fraction of sp³-hybridized carbons (Fsp3) is 0.600. The predicted octanol–water partition coefficient (Wildman–Crippen LogP) is 5.16. The number of ether oxygens (including phenoxy) is 1. The third-order valence-corrected chi connectivity index (χ3v) is 8.86. The Hall–Kier alpha value is -0.323. The van der Waals surface area contributed by atoms with E-state index in [9.17, 15) is 0 Å². The zero-order valence-corrected chi connectivity index (χ0v) is 15.4. The molecular formula is C15H25BrO2Si. The van der Waals surface area contributed by atoms with Crippen molar-refractivity contribution >= 4 is 24.2 Å². The van der Waals surface area contributed by atoms with E-state index >= 15 is 0 Å². The minimum Gasteiger partial charge on any atom is -0.490 e. The zero-order valence-electron chi connectivity index (χ0n) is 12.8. The molecule has 0 aliphatic heterocycles. The molecule has 0 bridgehead atoms. The van der Waals surface area contributed by atoms with Gasteiger partial charge >= 0.3 is 0 Å². The second-order valence-electron chi connectivity index (χ2n) is 6.39. The van der Waals surface area contributed by atoms with Crippen LogP contribution in [0.25, 0.3) is 0 Å². The molecule has 1 aromatic carbocycles. The summed E-state index contributed by atoms with van der Waals surface area (Å²) >= 11 is 3.51. The molecule has 0 fully saturated rings. The highest BCUT2D eigenvalue weighted by atomic mass is 79.9. The molecule has 4 heteroatoms. The summed E-state index contributed by atoms with van der Waals surface area (Å²) in [6.45, 7) is 14.6. The maximum Gasteiger partial charge on any atom is 0.192 e. The summed E-state index contributed by atoms with van der Waals surface area (Å²) in [6.07, 6.45) is 0. The van der Waals surface area contributed by atoms with Crippen molar-refractivity contribution in [1.29, 1.82) is 0 Å². The molecule has 0 atom stereocenters. The average molecular weight is 345 g/mol. The fourth-order valence-electron chi connectivity index (χ4n) is 1.39. The van der Waals surface area contributed by atoms with Gasteiger partial charge in [-0.3, -0.25) is 0 Å². The summed E-state index contributed by atoms with van der Waals surface area (Å²) in [5.41, 5.74) is 1.22. The summed E-state index contributed by atoms with van der Waals surface area (Å²) in [5, 5.41) is 0.247. The molecular weight excluding hydrogens is 320 g/mol. The normalized spacial score (nSPS) is 12.6. The molecule has 0 saturated heterocycles. The topological polar surface area (TPSA) is 18.5 Å². The van der Waals surface area contributed by atoms with E-state index in [1.54, 1.807) is 0 Å². The van der Waals surface area contributed by atoms with Crippen molar-refractivity contribution in [2.24, 2.45) is 0 Å². The molecule has 0 heterocycles. The van der Waals surface area contributed by atoms with E-state index in [4.69, 9.17) is 9.16 Å². The van der Waals surface area contributed by atoms with E-state index in [1.165, 1.54) is 5.56 Å². The standard InChI is InChI=1S/C15H25BrO2Si/c1-12-7-8-14(13(16)11-12)17-9-10-18-19(5,6)15(2,3)4/h7-8,11H,9-10H2,1-6H3. The lowest BCUT2D eigenvalue weighted by Gasteiger charge is -2.36. The Morgan fingerprint density at radius 2 is 1.79 bits per heavy atom. The van der Waals surface area contributed by atoms with Crippen molar-refractivity contribution in [2.45, 2.75) is 45.8 Å². The van der Waals surface area contributed by atoms with Crippen LogP contribution in [0.15, 0.2) is 22.7 Å². The molecule has 0 amide bonds. The van der Waals surface area contributed by atoms with Gasteiger partial charge in [0.25, 0.3) is 0 Å². The van der Waals surface area contributed by atoms with Crippen LogP contribution in [-0.4, -0.2) is 21.5 Å². The Morgan fingerprint density at radius 1 is 1.16 bits per heavy atom. The quantitative estimate of drug-likeness (QED) is 0.542. The third-order valence-electron chi connectivity index (χ3n) is 3.70. The molecule has 19 heavy (non-hydrogen) atoms. The van der Waals surface area contributed by atoms with Gasteiger partial charge in [0, 0.05) is 0 Å². The molecule has 0 saturated carbocycles. The Labute approximate surface area is 126 Å². The van der Waals surface area contributed by atoms with Crippen LogP contribution in [-0.2, 0) is 4.43 Å². The molecule has 0 aliphatic carbocycles. The first-order chi connectivity index (χ1) is 8.63. The fourth-order valence-corrected chi connectivity index (χ4v) is 3.02. The van der Waals surface area contributed by atoms with Gasteiger partial charge in [-0.15, -0.1) is 0 Å². The molecule has 0 aromatic heterocycles. The van der Waals surface area contributed by atoms with Gasteiger partial charge in [-0.25, -0.2) is 0 Å². The van der Waals surface area contributed by atoms with E-state index < -0.39 is 8.32 Å². The lowest BCUT2D eigenvalue weighted by molar-refractivity contribution is 0.203. The van der Waals surface area contributed by atoms with E-state index in [2.05, 4.69) is 68.9 Å². The lowest BCUT2D eigenvalue weighted by Crippen LogP contribution is -2.41. The minimum absolute atomic E-state index is 0.247. The first-order valence-electron chi connectivity index (χ1n) is 6.66.